The molecule has 2 aromatic rings. The number of ether oxygens (including phenoxy) is 1. The summed E-state index contributed by atoms with van der Waals surface area (Å²) in [7, 11) is -3.66. The fourth-order valence-electron chi connectivity index (χ4n) is 3.19. The molecule has 7 heteroatoms. The summed E-state index contributed by atoms with van der Waals surface area (Å²) < 4.78 is 46.9. The number of aryl methyl sites for hydroxylation is 2. The van der Waals surface area contributed by atoms with Crippen molar-refractivity contribution < 1.29 is 17.5 Å². The molecule has 0 bridgehead atoms. The molecule has 1 aliphatic rings. The van der Waals surface area contributed by atoms with Crippen molar-refractivity contribution in [3.05, 3.63) is 53.5 Å². The second kappa shape index (κ2) is 7.72. The molecule has 0 amide bonds. The van der Waals surface area contributed by atoms with Crippen LogP contribution in [0.15, 0.2) is 41.4 Å². The van der Waals surface area contributed by atoms with Crippen LogP contribution in [0.3, 0.4) is 0 Å². The number of nitrogens with zero attached hydrogens (tertiary/aromatic N) is 1. The number of pyridine rings is 1. The van der Waals surface area contributed by atoms with Gasteiger partial charge in [0.05, 0.1) is 4.90 Å². The first-order chi connectivity index (χ1) is 12.3. The number of benzene rings is 1. The Kier molecular flexibility index (Phi) is 5.58. The number of sulfonamides is 1. The minimum absolute atomic E-state index is 0.0403. The van der Waals surface area contributed by atoms with Crippen molar-refractivity contribution in [3.63, 3.8) is 0 Å². The molecule has 3 rings (SSSR count). The van der Waals surface area contributed by atoms with E-state index in [-0.39, 0.29) is 17.0 Å². The molecule has 0 aliphatic heterocycles. The molecule has 0 radical (unpaired) electrons. The van der Waals surface area contributed by atoms with Crippen LogP contribution >= 0.6 is 0 Å². The van der Waals surface area contributed by atoms with Crippen LogP contribution in [0, 0.1) is 19.7 Å². The molecule has 1 aliphatic carbocycles. The summed E-state index contributed by atoms with van der Waals surface area (Å²) in [6.07, 6.45) is 4.70. The first kappa shape index (κ1) is 18.8. The lowest BCUT2D eigenvalue weighted by atomic mass is 9.94. The number of hydrogen-bond donors (Lipinski definition) is 1. The number of aromatic nitrogens is 1. The highest BCUT2D eigenvalue weighted by Gasteiger charge is 2.27. The van der Waals surface area contributed by atoms with Gasteiger partial charge in [0.1, 0.15) is 11.9 Å². The molecule has 0 saturated heterocycles. The molecule has 0 unspecified atom stereocenters. The minimum Gasteiger partial charge on any atom is -0.474 e. The van der Waals surface area contributed by atoms with E-state index in [4.69, 9.17) is 4.74 Å². The van der Waals surface area contributed by atoms with Crippen molar-refractivity contribution in [2.45, 2.75) is 56.6 Å². The SMILES string of the molecule is Cc1ccc(OC2CCC(NS(=O)(=O)c3ccc(F)cc3C)CC2)nc1. The Morgan fingerprint density at radius 2 is 1.85 bits per heavy atom. The predicted octanol–water partition coefficient (Wildman–Crippen LogP) is 3.51. The summed E-state index contributed by atoms with van der Waals surface area (Å²) >= 11 is 0. The van der Waals surface area contributed by atoms with Crippen molar-refractivity contribution in [3.8, 4) is 5.88 Å². The van der Waals surface area contributed by atoms with Crippen LogP contribution in [0.1, 0.15) is 36.8 Å². The van der Waals surface area contributed by atoms with Crippen molar-refractivity contribution >= 4 is 10.0 Å². The molecule has 1 aromatic carbocycles. The standard InChI is InChI=1S/C19H23FN2O3S/c1-13-3-10-19(21-12-13)25-17-7-5-16(6-8-17)22-26(23,24)18-9-4-15(20)11-14(18)2/h3-4,9-12,16-17,22H,5-8H2,1-2H3. The van der Waals surface area contributed by atoms with Gasteiger partial charge in [-0.25, -0.2) is 22.5 Å². The maximum atomic E-state index is 13.2. The van der Waals surface area contributed by atoms with E-state index in [1.807, 2.05) is 19.1 Å². The van der Waals surface area contributed by atoms with E-state index in [9.17, 15) is 12.8 Å². The van der Waals surface area contributed by atoms with Gasteiger partial charge in [-0.3, -0.25) is 0 Å². The lowest BCUT2D eigenvalue weighted by Crippen LogP contribution is -2.39. The number of nitrogens with one attached hydrogen (secondary N) is 1. The molecule has 1 N–H and O–H groups in total. The summed E-state index contributed by atoms with van der Waals surface area (Å²) in [5.41, 5.74) is 1.48. The van der Waals surface area contributed by atoms with Crippen LogP contribution in [0.25, 0.3) is 0 Å². The lowest BCUT2D eigenvalue weighted by Gasteiger charge is -2.29. The minimum atomic E-state index is -3.66. The monoisotopic (exact) mass is 378 g/mol. The topological polar surface area (TPSA) is 68.3 Å². The zero-order valence-electron chi connectivity index (χ0n) is 14.9. The van der Waals surface area contributed by atoms with Crippen LogP contribution in [0.5, 0.6) is 5.88 Å². The molecule has 26 heavy (non-hydrogen) atoms. The third kappa shape index (κ3) is 4.59. The van der Waals surface area contributed by atoms with Crippen molar-refractivity contribution in [1.29, 1.82) is 0 Å². The Morgan fingerprint density at radius 3 is 2.46 bits per heavy atom. The summed E-state index contributed by atoms with van der Waals surface area (Å²) in [5.74, 6) is 0.158. The van der Waals surface area contributed by atoms with Crippen LogP contribution in [-0.2, 0) is 10.0 Å². The third-order valence-electron chi connectivity index (χ3n) is 4.59. The van der Waals surface area contributed by atoms with Gasteiger partial charge >= 0.3 is 0 Å². The van der Waals surface area contributed by atoms with Gasteiger partial charge in [-0.05, 0) is 68.9 Å². The smallest absolute Gasteiger partial charge is 0.241 e. The highest BCUT2D eigenvalue weighted by Crippen LogP contribution is 2.25. The molecule has 1 fully saturated rings. The second-order valence-electron chi connectivity index (χ2n) is 6.80. The van der Waals surface area contributed by atoms with Crippen molar-refractivity contribution in [1.82, 2.24) is 9.71 Å². The first-order valence-electron chi connectivity index (χ1n) is 8.71. The van der Waals surface area contributed by atoms with E-state index in [1.165, 1.54) is 18.2 Å². The summed E-state index contributed by atoms with van der Waals surface area (Å²) in [6, 6.07) is 7.36. The average molecular weight is 378 g/mol. The highest BCUT2D eigenvalue weighted by atomic mass is 32.2. The predicted molar refractivity (Wildman–Crippen MR) is 97.1 cm³/mol. The molecule has 1 saturated carbocycles. The van der Waals surface area contributed by atoms with Crippen LogP contribution in [0.2, 0.25) is 0 Å². The molecule has 1 heterocycles. The maximum Gasteiger partial charge on any atom is 0.241 e. The van der Waals surface area contributed by atoms with Gasteiger partial charge in [0, 0.05) is 18.3 Å². The van der Waals surface area contributed by atoms with Gasteiger partial charge in [-0.15, -0.1) is 0 Å². The molecule has 0 spiro atoms. The van der Waals surface area contributed by atoms with Crippen LogP contribution in [-0.4, -0.2) is 25.5 Å². The third-order valence-corrected chi connectivity index (χ3v) is 6.27. The van der Waals surface area contributed by atoms with Gasteiger partial charge < -0.3 is 4.74 Å². The van der Waals surface area contributed by atoms with Crippen LogP contribution < -0.4 is 9.46 Å². The number of hydrogen-bond acceptors (Lipinski definition) is 4. The average Bonchev–Trinajstić information content (AvgIpc) is 2.58. The second-order valence-corrected chi connectivity index (χ2v) is 8.48. The van der Waals surface area contributed by atoms with E-state index < -0.39 is 15.8 Å². The Balaban J connectivity index is 1.57. The van der Waals surface area contributed by atoms with Gasteiger partial charge in [0.25, 0.3) is 0 Å². The molecule has 140 valence electrons. The van der Waals surface area contributed by atoms with Gasteiger partial charge in [0.2, 0.25) is 15.9 Å². The number of halogens is 1. The van der Waals surface area contributed by atoms with Crippen molar-refractivity contribution in [2.75, 3.05) is 0 Å². The fraction of sp³-hybridized carbons (Fsp3) is 0.421. The largest absolute Gasteiger partial charge is 0.474 e. The highest BCUT2D eigenvalue weighted by molar-refractivity contribution is 7.89. The molecular formula is C19H23FN2O3S. The quantitative estimate of drug-likeness (QED) is 0.865. The maximum absolute atomic E-state index is 13.2. The normalized spacial score (nSPS) is 20.7. The zero-order valence-corrected chi connectivity index (χ0v) is 15.7. The van der Waals surface area contributed by atoms with E-state index in [0.717, 1.165) is 18.4 Å². The Hall–Kier alpha value is -1.99. The van der Waals surface area contributed by atoms with E-state index in [2.05, 4.69) is 9.71 Å². The molecule has 1 aromatic heterocycles. The Bertz CT molecular complexity index is 861. The van der Waals surface area contributed by atoms with E-state index in [1.54, 1.807) is 13.1 Å². The first-order valence-corrected chi connectivity index (χ1v) is 10.2. The Morgan fingerprint density at radius 1 is 1.12 bits per heavy atom. The fourth-order valence-corrected chi connectivity index (χ4v) is 4.72. The molecule has 0 atom stereocenters. The summed E-state index contributed by atoms with van der Waals surface area (Å²) in [4.78, 5) is 4.37. The zero-order chi connectivity index (χ0) is 18.7. The van der Waals surface area contributed by atoms with Crippen molar-refractivity contribution in [2.24, 2.45) is 0 Å². The van der Waals surface area contributed by atoms with Gasteiger partial charge in [-0.2, -0.15) is 0 Å². The summed E-state index contributed by atoms with van der Waals surface area (Å²) in [5, 5.41) is 0. The van der Waals surface area contributed by atoms with E-state index in [0.29, 0.717) is 24.3 Å². The Labute approximate surface area is 153 Å². The van der Waals surface area contributed by atoms with Gasteiger partial charge in [-0.1, -0.05) is 6.07 Å². The lowest BCUT2D eigenvalue weighted by molar-refractivity contribution is 0.138. The van der Waals surface area contributed by atoms with Crippen LogP contribution in [0.4, 0.5) is 4.39 Å². The summed E-state index contributed by atoms with van der Waals surface area (Å²) in [6.45, 7) is 3.56. The molecule has 5 nitrogen and oxygen atoms in total. The van der Waals surface area contributed by atoms with Gasteiger partial charge in [0.15, 0.2) is 0 Å². The number of rotatable bonds is 5. The van der Waals surface area contributed by atoms with E-state index >= 15 is 0 Å². The molecular weight excluding hydrogens is 355 g/mol.